The molecule has 0 spiro atoms. The summed E-state index contributed by atoms with van der Waals surface area (Å²) in [5.41, 5.74) is 0. The van der Waals surface area contributed by atoms with Crippen molar-refractivity contribution >= 4 is 131 Å². The van der Waals surface area contributed by atoms with Crippen LogP contribution in [-0.2, 0) is 0 Å². The van der Waals surface area contributed by atoms with Gasteiger partial charge in [-0.25, -0.2) is 0 Å². The van der Waals surface area contributed by atoms with Crippen molar-refractivity contribution in [3.05, 3.63) is 0 Å². The van der Waals surface area contributed by atoms with E-state index in [1.807, 2.05) is 0 Å². The van der Waals surface area contributed by atoms with E-state index in [1.165, 1.54) is 0 Å². The molecule has 18 valence electrons. The van der Waals surface area contributed by atoms with Crippen molar-refractivity contribution in [2.45, 2.75) is 0 Å². The summed E-state index contributed by atoms with van der Waals surface area (Å²) in [6.07, 6.45) is 0. The molecule has 0 amide bonds. The first-order chi connectivity index (χ1) is 0. The van der Waals surface area contributed by atoms with Gasteiger partial charge in [0.15, 0.2) is 17.4 Å². The first-order valence-electron chi connectivity index (χ1n) is 0. The van der Waals surface area contributed by atoms with E-state index in [-0.39, 0.29) is 139 Å². The second-order valence-electron chi connectivity index (χ2n) is 0. The maximum absolute atomic E-state index is 0. The van der Waals surface area contributed by atoms with Gasteiger partial charge in [-0.1, -0.05) is 0 Å². The van der Waals surface area contributed by atoms with Crippen LogP contribution in [0, 0.1) is 0 Å². The van der Waals surface area contributed by atoms with Crippen LogP contribution in [-0.4, -0.2) is 131 Å². The van der Waals surface area contributed by atoms with E-state index in [9.17, 15) is 0 Å². The summed E-state index contributed by atoms with van der Waals surface area (Å²) in [7, 11) is 0. The van der Waals surface area contributed by atoms with Crippen molar-refractivity contribution in [2.24, 2.45) is 0 Å². The van der Waals surface area contributed by atoms with Crippen LogP contribution in [0.2, 0.25) is 0 Å². The fourth-order valence-electron chi connectivity index (χ4n) is 0. The number of rotatable bonds is 0. The van der Waals surface area contributed by atoms with E-state index >= 15 is 0 Å². The van der Waals surface area contributed by atoms with E-state index in [0.29, 0.717) is 0 Å². The predicted octanol–water partition coefficient (Wildman–Crippen LogP) is -1.65. The molecular weight excluding hydrogens is 147 g/mol. The zero-order valence-corrected chi connectivity index (χ0v) is 8.75. The van der Waals surface area contributed by atoms with Crippen molar-refractivity contribution in [2.75, 3.05) is 0 Å². The molecule has 0 aliphatic rings. The molecule has 0 nitrogen and oxygen atoms in total. The molecule has 0 radical (unpaired) electrons. The summed E-state index contributed by atoms with van der Waals surface area (Å²) in [5.74, 6) is 0. The van der Waals surface area contributed by atoms with Gasteiger partial charge in [-0.2, -0.15) is 0 Å². The summed E-state index contributed by atoms with van der Waals surface area (Å²) in [6.45, 7) is 0. The number of hydrogen-bond donors (Lipinski definition) is 0. The number of hydrogen-bond acceptors (Lipinski definition) is 0. The summed E-state index contributed by atoms with van der Waals surface area (Å²) < 4.78 is 0. The van der Waals surface area contributed by atoms with Crippen LogP contribution >= 0.6 is 0 Å². The molecule has 0 atom stereocenters. The minimum atomic E-state index is 0. The molecule has 0 N–H and O–H groups in total. The fraction of sp³-hybridized carbons (Fsp3) is 0. The molecule has 0 aliphatic heterocycles. The van der Waals surface area contributed by atoms with Gasteiger partial charge in [0.05, 0.1) is 0 Å². The Labute approximate surface area is 135 Å². The first-order valence-corrected chi connectivity index (χ1v) is 0. The van der Waals surface area contributed by atoms with Crippen LogP contribution in [0.3, 0.4) is 0 Å². The topological polar surface area (TPSA) is 0 Å². The molecule has 0 bridgehead atoms. The van der Waals surface area contributed by atoms with Gasteiger partial charge < -0.3 is 8.56 Å². The Bertz CT molecular complexity index is 13.0. The van der Waals surface area contributed by atoms with Gasteiger partial charge in [0, 0.05) is 0 Å². The largest absolute Gasteiger partial charge is 2.00 e. The standard InChI is InChI=1S/Al.3Ca.9H/q;3*+2;;;;6*-1. The quantitative estimate of drug-likeness (QED) is 0.369. The van der Waals surface area contributed by atoms with Gasteiger partial charge in [-0.15, -0.1) is 0 Å². The molecule has 0 saturated heterocycles. The van der Waals surface area contributed by atoms with Crippen molar-refractivity contribution in [3.63, 3.8) is 0 Å². The van der Waals surface area contributed by atoms with E-state index in [2.05, 4.69) is 0 Å². The van der Waals surface area contributed by atoms with Crippen LogP contribution in [0.15, 0.2) is 0 Å². The van der Waals surface area contributed by atoms with Gasteiger partial charge in [0.1, 0.15) is 0 Å². The third kappa shape index (κ3) is 9.58. The predicted molar refractivity (Wildman–Crippen MR) is 33.9 cm³/mol. The van der Waals surface area contributed by atoms with E-state index in [1.54, 1.807) is 0 Å². The van der Waals surface area contributed by atoms with Gasteiger partial charge >= 0.3 is 113 Å². The zero-order chi connectivity index (χ0) is 0. The van der Waals surface area contributed by atoms with E-state index < -0.39 is 0 Å². The normalized spacial score (nSPS) is 0. The molecule has 0 fully saturated rings. The third-order valence-corrected chi connectivity index (χ3v) is 0. The molecule has 0 aromatic rings. The molecule has 0 rings (SSSR count). The molecular formula is H9AlCa3. The molecule has 0 aliphatic carbocycles. The van der Waals surface area contributed by atoms with Crippen molar-refractivity contribution in [1.82, 2.24) is 0 Å². The maximum atomic E-state index is 0. The Kier molecular flexibility index (Phi) is 93.6. The Morgan fingerprint density at radius 1 is 0.750 bits per heavy atom. The third-order valence-electron chi connectivity index (χ3n) is 0. The van der Waals surface area contributed by atoms with Gasteiger partial charge in [0.25, 0.3) is 0 Å². The van der Waals surface area contributed by atoms with E-state index in [4.69, 9.17) is 0 Å². The van der Waals surface area contributed by atoms with Crippen LogP contribution in [0.25, 0.3) is 0 Å². The van der Waals surface area contributed by atoms with Gasteiger partial charge in [-0.05, 0) is 0 Å². The van der Waals surface area contributed by atoms with Crippen molar-refractivity contribution < 1.29 is 8.56 Å². The average molecular weight is 156 g/mol. The molecule has 0 unspecified atom stereocenters. The average Bonchev–Trinajstić information content (AvgIpc) is 0. The summed E-state index contributed by atoms with van der Waals surface area (Å²) in [4.78, 5) is 0. The maximum Gasteiger partial charge on any atom is 2.00 e. The first kappa shape index (κ1) is 23.9. The molecule has 0 saturated carbocycles. The zero-order valence-electron chi connectivity index (χ0n) is 8.12. The summed E-state index contributed by atoms with van der Waals surface area (Å²) in [5, 5.41) is 0. The molecule has 4 heteroatoms. The minimum Gasteiger partial charge on any atom is -1.00 e. The Morgan fingerprint density at radius 3 is 0.750 bits per heavy atom. The molecule has 0 aromatic carbocycles. The monoisotopic (exact) mass is 156 g/mol. The second kappa shape index (κ2) is 15.7. The SMILES string of the molecule is [AlH3].[Ca+2].[Ca+2].[Ca+2].[H-].[H-].[H-].[H-].[H-].[H-]. The molecule has 0 heterocycles. The summed E-state index contributed by atoms with van der Waals surface area (Å²) >= 11 is 0. The van der Waals surface area contributed by atoms with E-state index in [0.717, 1.165) is 0 Å². The smallest absolute Gasteiger partial charge is 1.00 e. The summed E-state index contributed by atoms with van der Waals surface area (Å²) in [6, 6.07) is 0. The van der Waals surface area contributed by atoms with Crippen LogP contribution in [0.1, 0.15) is 8.56 Å². The minimum absolute atomic E-state index is 0. The van der Waals surface area contributed by atoms with Gasteiger partial charge in [0.2, 0.25) is 0 Å². The Morgan fingerprint density at radius 2 is 0.750 bits per heavy atom. The van der Waals surface area contributed by atoms with Crippen LogP contribution in [0.4, 0.5) is 0 Å². The fourth-order valence-corrected chi connectivity index (χ4v) is 0. The molecule has 0 aromatic heterocycles. The molecule has 4 heavy (non-hydrogen) atoms. The van der Waals surface area contributed by atoms with Crippen LogP contribution < -0.4 is 0 Å². The Hall–Kier alpha value is 4.31. The van der Waals surface area contributed by atoms with Gasteiger partial charge in [-0.3, -0.25) is 0 Å². The second-order valence-corrected chi connectivity index (χ2v) is 0. The van der Waals surface area contributed by atoms with Crippen LogP contribution in [0.5, 0.6) is 0 Å². The Balaban J connectivity index is 0. The van der Waals surface area contributed by atoms with Crippen molar-refractivity contribution in [3.8, 4) is 0 Å². The van der Waals surface area contributed by atoms with Crippen molar-refractivity contribution in [1.29, 1.82) is 0 Å².